The number of carboxylic acids is 1. The van der Waals surface area contributed by atoms with Crippen molar-refractivity contribution < 1.29 is 28.0 Å². The minimum Gasteiger partial charge on any atom is -0.478 e. The molecule has 2 atom stereocenters. The largest absolute Gasteiger partial charge is 0.478 e. The van der Waals surface area contributed by atoms with Crippen LogP contribution in [0, 0.1) is 0 Å². The molecule has 2 aromatic rings. The molecule has 7 heteroatoms. The van der Waals surface area contributed by atoms with Crippen molar-refractivity contribution in [3.8, 4) is 5.75 Å². The standard InChI is InChI=1S/C20H20F2O4S/c1-20(21,22)18-16(19(23)24)11-14-10-15(8-9-17(14)26-18)27(2,25)12-13-6-4-3-5-7-13/h3-11,18,25H,12H2,1-2H3,(H,23,24). The Balaban J connectivity index is 1.97. The van der Waals surface area contributed by atoms with Gasteiger partial charge in [0, 0.05) is 23.1 Å². The Labute approximate surface area is 157 Å². The second-order valence-corrected chi connectivity index (χ2v) is 9.57. The molecule has 1 aliphatic rings. The lowest BCUT2D eigenvalue weighted by molar-refractivity contribution is -0.137. The molecule has 0 aliphatic carbocycles. The smallest absolute Gasteiger partial charge is 0.335 e. The molecule has 0 bridgehead atoms. The number of aliphatic carboxylic acids is 1. The fourth-order valence-corrected chi connectivity index (χ4v) is 4.74. The summed E-state index contributed by atoms with van der Waals surface area (Å²) in [5, 5.41) is 9.30. The third-order valence-corrected chi connectivity index (χ3v) is 6.49. The van der Waals surface area contributed by atoms with E-state index in [2.05, 4.69) is 0 Å². The summed E-state index contributed by atoms with van der Waals surface area (Å²) in [7, 11) is -2.21. The van der Waals surface area contributed by atoms with Crippen LogP contribution in [0.25, 0.3) is 6.08 Å². The number of benzene rings is 2. The SMILES string of the molecule is CC(F)(F)C1Oc2ccc(S(C)(O)Cc3ccccc3)cc2C=C1C(=O)O. The van der Waals surface area contributed by atoms with Gasteiger partial charge in [-0.1, -0.05) is 30.3 Å². The molecule has 2 unspecified atom stereocenters. The normalized spacial score (nSPS) is 19.9. The van der Waals surface area contributed by atoms with Crippen LogP contribution in [-0.2, 0) is 10.5 Å². The van der Waals surface area contributed by atoms with Gasteiger partial charge in [-0.25, -0.2) is 13.6 Å². The first-order chi connectivity index (χ1) is 12.6. The van der Waals surface area contributed by atoms with Crippen LogP contribution in [0.4, 0.5) is 8.78 Å². The molecule has 27 heavy (non-hydrogen) atoms. The van der Waals surface area contributed by atoms with Crippen molar-refractivity contribution in [2.24, 2.45) is 0 Å². The molecule has 144 valence electrons. The Hall–Kier alpha value is -2.38. The monoisotopic (exact) mass is 394 g/mol. The first-order valence-corrected chi connectivity index (χ1v) is 10.4. The summed E-state index contributed by atoms with van der Waals surface area (Å²) in [4.78, 5) is 12.0. The van der Waals surface area contributed by atoms with Gasteiger partial charge in [0.2, 0.25) is 0 Å². The molecule has 1 aliphatic heterocycles. The predicted molar refractivity (Wildman–Crippen MR) is 102 cm³/mol. The average molecular weight is 394 g/mol. The zero-order valence-electron chi connectivity index (χ0n) is 14.9. The van der Waals surface area contributed by atoms with Crippen molar-refractivity contribution in [3.05, 3.63) is 65.2 Å². The number of carboxylic acid groups (broad SMARTS) is 1. The van der Waals surface area contributed by atoms with Gasteiger partial charge in [0.25, 0.3) is 5.92 Å². The summed E-state index contributed by atoms with van der Waals surface area (Å²) in [6.45, 7) is 0.628. The molecule has 4 nitrogen and oxygen atoms in total. The minimum absolute atomic E-state index is 0.171. The molecule has 2 aromatic carbocycles. The Morgan fingerprint density at radius 1 is 1.22 bits per heavy atom. The van der Waals surface area contributed by atoms with Gasteiger partial charge in [0.05, 0.1) is 5.57 Å². The van der Waals surface area contributed by atoms with Gasteiger partial charge in [-0.05, 0) is 36.1 Å². The van der Waals surface area contributed by atoms with Crippen LogP contribution in [-0.4, -0.2) is 33.9 Å². The van der Waals surface area contributed by atoms with Gasteiger partial charge in [-0.15, -0.1) is 10.3 Å². The van der Waals surface area contributed by atoms with Gasteiger partial charge in [-0.2, -0.15) is 0 Å². The summed E-state index contributed by atoms with van der Waals surface area (Å²) in [5.74, 6) is -4.20. The van der Waals surface area contributed by atoms with E-state index in [1.807, 2.05) is 30.3 Å². The Morgan fingerprint density at radius 3 is 2.48 bits per heavy atom. The van der Waals surface area contributed by atoms with Crippen molar-refractivity contribution in [3.63, 3.8) is 0 Å². The Bertz CT molecular complexity index is 889. The lowest BCUT2D eigenvalue weighted by Crippen LogP contribution is -2.41. The number of hydrogen-bond acceptors (Lipinski definition) is 3. The molecule has 2 N–H and O–H groups in total. The summed E-state index contributed by atoms with van der Waals surface area (Å²) in [6.07, 6.45) is 1.08. The summed E-state index contributed by atoms with van der Waals surface area (Å²) < 4.78 is 43.8. The zero-order chi connectivity index (χ0) is 19.8. The van der Waals surface area contributed by atoms with E-state index in [0.29, 0.717) is 23.1 Å². The van der Waals surface area contributed by atoms with Crippen LogP contribution in [0.5, 0.6) is 5.75 Å². The van der Waals surface area contributed by atoms with Gasteiger partial charge in [0.15, 0.2) is 6.10 Å². The van der Waals surface area contributed by atoms with E-state index in [9.17, 15) is 23.2 Å². The number of alkyl halides is 2. The van der Waals surface area contributed by atoms with Crippen LogP contribution in [0.1, 0.15) is 18.1 Å². The summed E-state index contributed by atoms with van der Waals surface area (Å²) >= 11 is 0. The van der Waals surface area contributed by atoms with Crippen LogP contribution in [0.15, 0.2) is 59.0 Å². The fourth-order valence-electron chi connectivity index (χ4n) is 2.99. The van der Waals surface area contributed by atoms with Crippen LogP contribution < -0.4 is 4.74 Å². The Kier molecular flexibility index (Phi) is 5.01. The maximum absolute atomic E-state index is 13.8. The molecule has 0 amide bonds. The lowest BCUT2D eigenvalue weighted by Gasteiger charge is -2.33. The molecule has 3 rings (SSSR count). The molecule has 0 spiro atoms. The first-order valence-electron chi connectivity index (χ1n) is 8.24. The highest BCUT2D eigenvalue weighted by molar-refractivity contribution is 8.27. The zero-order valence-corrected chi connectivity index (χ0v) is 15.7. The van der Waals surface area contributed by atoms with E-state index >= 15 is 0 Å². The van der Waals surface area contributed by atoms with Gasteiger partial charge < -0.3 is 14.4 Å². The number of hydrogen-bond donors (Lipinski definition) is 2. The first kappa shape index (κ1) is 19.4. The topological polar surface area (TPSA) is 66.8 Å². The predicted octanol–water partition coefficient (Wildman–Crippen LogP) is 5.04. The maximum Gasteiger partial charge on any atom is 0.335 e. The fraction of sp³-hybridized carbons (Fsp3) is 0.250. The highest BCUT2D eigenvalue weighted by Gasteiger charge is 2.44. The van der Waals surface area contributed by atoms with Crippen molar-refractivity contribution in [2.45, 2.75) is 29.6 Å². The van der Waals surface area contributed by atoms with Crippen LogP contribution in [0.3, 0.4) is 0 Å². The molecule has 0 radical (unpaired) electrons. The van der Waals surface area contributed by atoms with Gasteiger partial charge in [0.1, 0.15) is 5.75 Å². The number of fused-ring (bicyclic) bond motifs is 1. The minimum atomic E-state index is -3.34. The van der Waals surface area contributed by atoms with Crippen LogP contribution >= 0.6 is 10.3 Å². The Morgan fingerprint density at radius 2 is 1.89 bits per heavy atom. The van der Waals surface area contributed by atoms with E-state index in [1.54, 1.807) is 18.4 Å². The van der Waals surface area contributed by atoms with Crippen molar-refractivity contribution in [1.82, 2.24) is 0 Å². The van der Waals surface area contributed by atoms with Crippen molar-refractivity contribution in [1.29, 1.82) is 0 Å². The molecule has 1 heterocycles. The van der Waals surface area contributed by atoms with E-state index < -0.39 is 33.9 Å². The molecule has 0 saturated carbocycles. The highest BCUT2D eigenvalue weighted by Crippen LogP contribution is 2.53. The average Bonchev–Trinajstić information content (AvgIpc) is 2.59. The number of carbonyl (C=O) groups is 1. The molecule has 0 saturated heterocycles. The van der Waals surface area contributed by atoms with E-state index in [4.69, 9.17) is 4.74 Å². The number of rotatable bonds is 5. The number of halogens is 2. The van der Waals surface area contributed by atoms with E-state index in [0.717, 1.165) is 5.56 Å². The van der Waals surface area contributed by atoms with E-state index in [1.165, 1.54) is 12.1 Å². The molecule has 0 fully saturated rings. The third kappa shape index (κ3) is 4.14. The molecular formula is C20H20F2O4S. The van der Waals surface area contributed by atoms with Gasteiger partial charge in [-0.3, -0.25) is 0 Å². The van der Waals surface area contributed by atoms with Crippen LogP contribution in [0.2, 0.25) is 0 Å². The summed E-state index contributed by atoms with van der Waals surface area (Å²) in [5.41, 5.74) is 0.829. The lowest BCUT2D eigenvalue weighted by atomic mass is 9.98. The second kappa shape index (κ2) is 6.98. The third-order valence-electron chi connectivity index (χ3n) is 4.33. The van der Waals surface area contributed by atoms with E-state index in [-0.39, 0.29) is 5.75 Å². The van der Waals surface area contributed by atoms with Crippen molar-refractivity contribution >= 4 is 22.4 Å². The summed E-state index contributed by atoms with van der Waals surface area (Å²) in [6, 6.07) is 14.3. The highest BCUT2D eigenvalue weighted by atomic mass is 32.3. The second-order valence-electron chi connectivity index (χ2n) is 6.73. The van der Waals surface area contributed by atoms with Gasteiger partial charge >= 0.3 is 5.97 Å². The number of ether oxygens (including phenoxy) is 1. The quantitative estimate of drug-likeness (QED) is 0.746. The molecule has 0 aromatic heterocycles. The molecular weight excluding hydrogens is 374 g/mol. The maximum atomic E-state index is 13.8. The van der Waals surface area contributed by atoms with Crippen molar-refractivity contribution in [2.75, 3.05) is 6.26 Å².